The molecule has 0 saturated carbocycles. The summed E-state index contributed by atoms with van der Waals surface area (Å²) < 4.78 is 13.6. The Balaban J connectivity index is 2.53. The largest absolute Gasteiger partial charge is 0.339 e. The molecule has 0 unspecified atom stereocenters. The molecule has 0 atom stereocenters. The molecule has 1 heterocycles. The minimum atomic E-state index is -0.257. The lowest BCUT2D eigenvalue weighted by atomic mass is 10.2. The number of nitrogens with one attached hydrogen (secondary N) is 1. The van der Waals surface area contributed by atoms with Crippen LogP contribution < -0.4 is 0 Å². The van der Waals surface area contributed by atoms with E-state index in [-0.39, 0.29) is 5.82 Å². The van der Waals surface area contributed by atoms with Crippen LogP contribution in [0.4, 0.5) is 4.39 Å². The highest BCUT2D eigenvalue weighted by molar-refractivity contribution is 9.10. The molecular weight excluding hydrogens is 235 g/mol. The first-order chi connectivity index (χ1) is 6.27. The van der Waals surface area contributed by atoms with Gasteiger partial charge in [-0.1, -0.05) is 12.1 Å². The van der Waals surface area contributed by atoms with Gasteiger partial charge in [-0.25, -0.2) is 9.37 Å². The molecule has 2 rings (SSSR count). The van der Waals surface area contributed by atoms with Crippen LogP contribution in [0.15, 0.2) is 35.2 Å². The molecule has 4 heteroatoms. The van der Waals surface area contributed by atoms with Crippen LogP contribution in [0.3, 0.4) is 0 Å². The third-order valence-electron chi connectivity index (χ3n) is 1.69. The van der Waals surface area contributed by atoms with Crippen LogP contribution in [0.1, 0.15) is 0 Å². The van der Waals surface area contributed by atoms with Gasteiger partial charge >= 0.3 is 0 Å². The van der Waals surface area contributed by atoms with Gasteiger partial charge in [0, 0.05) is 5.56 Å². The molecule has 66 valence electrons. The molecule has 0 fully saturated rings. The van der Waals surface area contributed by atoms with Gasteiger partial charge in [-0.2, -0.15) is 0 Å². The van der Waals surface area contributed by atoms with Crippen molar-refractivity contribution in [2.75, 3.05) is 0 Å². The molecule has 2 aromatic rings. The van der Waals surface area contributed by atoms with E-state index in [0.717, 1.165) is 15.9 Å². The average Bonchev–Trinajstić information content (AvgIpc) is 2.51. The fraction of sp³-hybridized carbons (Fsp3) is 0. The number of aromatic amines is 1. The van der Waals surface area contributed by atoms with E-state index in [4.69, 9.17) is 0 Å². The molecule has 0 aliphatic carbocycles. The fourth-order valence-corrected chi connectivity index (χ4v) is 1.55. The summed E-state index contributed by atoms with van der Waals surface area (Å²) in [5, 5.41) is 0. The van der Waals surface area contributed by atoms with Gasteiger partial charge in [0.2, 0.25) is 0 Å². The van der Waals surface area contributed by atoms with E-state index in [1.807, 2.05) is 6.07 Å². The van der Waals surface area contributed by atoms with Gasteiger partial charge in [-0.3, -0.25) is 0 Å². The summed E-state index contributed by atoms with van der Waals surface area (Å²) in [5.74, 6) is -0.257. The maximum absolute atomic E-state index is 12.8. The highest BCUT2D eigenvalue weighted by Crippen LogP contribution is 2.24. The van der Waals surface area contributed by atoms with Gasteiger partial charge in [-0.05, 0) is 28.1 Å². The lowest BCUT2D eigenvalue weighted by molar-refractivity contribution is 0.628. The quantitative estimate of drug-likeness (QED) is 0.816. The third kappa shape index (κ3) is 1.62. The molecule has 0 amide bonds. The van der Waals surface area contributed by atoms with Gasteiger partial charge in [-0.15, -0.1) is 0 Å². The predicted molar refractivity (Wildman–Crippen MR) is 51.7 cm³/mol. The second-order valence-electron chi connectivity index (χ2n) is 2.58. The van der Waals surface area contributed by atoms with E-state index in [1.165, 1.54) is 12.1 Å². The van der Waals surface area contributed by atoms with Crippen molar-refractivity contribution in [1.82, 2.24) is 9.97 Å². The van der Waals surface area contributed by atoms with E-state index in [1.54, 1.807) is 12.4 Å². The fourth-order valence-electron chi connectivity index (χ4n) is 1.12. The molecule has 0 radical (unpaired) electrons. The van der Waals surface area contributed by atoms with Crippen molar-refractivity contribution in [2.45, 2.75) is 0 Å². The second kappa shape index (κ2) is 3.30. The topological polar surface area (TPSA) is 28.7 Å². The molecule has 1 aromatic carbocycles. The Morgan fingerprint density at radius 3 is 2.85 bits per heavy atom. The van der Waals surface area contributed by atoms with Crippen molar-refractivity contribution in [3.05, 3.63) is 41.0 Å². The van der Waals surface area contributed by atoms with E-state index in [0.29, 0.717) is 0 Å². The number of imidazole rings is 1. The van der Waals surface area contributed by atoms with Crippen molar-refractivity contribution in [2.24, 2.45) is 0 Å². The summed E-state index contributed by atoms with van der Waals surface area (Å²) in [6, 6.07) is 6.32. The first-order valence-corrected chi connectivity index (χ1v) is 4.51. The molecular formula is C9H6BrFN2. The van der Waals surface area contributed by atoms with Crippen LogP contribution in [0.2, 0.25) is 0 Å². The minimum absolute atomic E-state index is 0.257. The van der Waals surface area contributed by atoms with E-state index in [9.17, 15) is 4.39 Å². The van der Waals surface area contributed by atoms with E-state index in [2.05, 4.69) is 25.9 Å². The monoisotopic (exact) mass is 240 g/mol. The van der Waals surface area contributed by atoms with Crippen LogP contribution in [0.5, 0.6) is 0 Å². The third-order valence-corrected chi connectivity index (χ3v) is 2.30. The van der Waals surface area contributed by atoms with Crippen molar-refractivity contribution in [3.8, 4) is 11.3 Å². The smallest absolute Gasteiger partial charge is 0.123 e. The molecule has 0 spiro atoms. The Labute approximate surface area is 83.0 Å². The zero-order valence-electron chi connectivity index (χ0n) is 6.59. The Hall–Kier alpha value is -1.16. The second-order valence-corrected chi connectivity index (χ2v) is 3.37. The predicted octanol–water partition coefficient (Wildman–Crippen LogP) is 2.98. The lowest BCUT2D eigenvalue weighted by Crippen LogP contribution is -1.80. The Morgan fingerprint density at radius 1 is 1.38 bits per heavy atom. The van der Waals surface area contributed by atoms with E-state index >= 15 is 0 Å². The highest BCUT2D eigenvalue weighted by atomic mass is 79.9. The molecule has 0 aliphatic rings. The highest BCUT2D eigenvalue weighted by Gasteiger charge is 2.05. The van der Waals surface area contributed by atoms with Gasteiger partial charge in [0.05, 0.1) is 6.33 Å². The number of nitrogens with zero attached hydrogens (tertiary/aromatic N) is 1. The molecule has 0 bridgehead atoms. The van der Waals surface area contributed by atoms with Crippen LogP contribution in [0, 0.1) is 5.82 Å². The molecule has 1 aromatic heterocycles. The summed E-state index contributed by atoms with van der Waals surface area (Å²) in [5.41, 5.74) is 1.48. The molecule has 0 saturated heterocycles. The van der Waals surface area contributed by atoms with Crippen LogP contribution in [-0.2, 0) is 0 Å². The van der Waals surface area contributed by atoms with Gasteiger partial charge in [0.25, 0.3) is 0 Å². The van der Waals surface area contributed by atoms with Crippen molar-refractivity contribution >= 4 is 15.9 Å². The van der Waals surface area contributed by atoms with Crippen molar-refractivity contribution in [3.63, 3.8) is 0 Å². The molecule has 0 aliphatic heterocycles. The average molecular weight is 241 g/mol. The maximum atomic E-state index is 12.8. The first kappa shape index (κ1) is 8.44. The van der Waals surface area contributed by atoms with Crippen molar-refractivity contribution in [1.29, 1.82) is 0 Å². The minimum Gasteiger partial charge on any atom is -0.339 e. The number of rotatable bonds is 1. The number of H-pyrrole nitrogens is 1. The zero-order valence-corrected chi connectivity index (χ0v) is 8.18. The SMILES string of the molecule is Fc1cccc(-c2nc[nH]c2Br)c1. The Kier molecular flexibility index (Phi) is 2.14. The summed E-state index contributed by atoms with van der Waals surface area (Å²) >= 11 is 3.29. The molecule has 1 N–H and O–H groups in total. The van der Waals surface area contributed by atoms with Gasteiger partial charge in [0.15, 0.2) is 0 Å². The number of hydrogen-bond acceptors (Lipinski definition) is 1. The number of halogens is 2. The van der Waals surface area contributed by atoms with E-state index < -0.39 is 0 Å². The van der Waals surface area contributed by atoms with Crippen LogP contribution in [0.25, 0.3) is 11.3 Å². The number of aromatic nitrogens is 2. The van der Waals surface area contributed by atoms with Crippen LogP contribution >= 0.6 is 15.9 Å². The normalized spacial score (nSPS) is 10.3. The molecule has 2 nitrogen and oxygen atoms in total. The Morgan fingerprint density at radius 2 is 2.23 bits per heavy atom. The summed E-state index contributed by atoms with van der Waals surface area (Å²) in [7, 11) is 0. The number of benzene rings is 1. The van der Waals surface area contributed by atoms with Crippen LogP contribution in [-0.4, -0.2) is 9.97 Å². The first-order valence-electron chi connectivity index (χ1n) is 3.72. The summed E-state index contributed by atoms with van der Waals surface area (Å²) in [6.07, 6.45) is 1.56. The molecule has 13 heavy (non-hydrogen) atoms. The number of hydrogen-bond donors (Lipinski definition) is 1. The van der Waals surface area contributed by atoms with Gasteiger partial charge < -0.3 is 4.98 Å². The summed E-state index contributed by atoms with van der Waals surface area (Å²) in [4.78, 5) is 6.93. The summed E-state index contributed by atoms with van der Waals surface area (Å²) in [6.45, 7) is 0. The zero-order chi connectivity index (χ0) is 9.26. The lowest BCUT2D eigenvalue weighted by Gasteiger charge is -1.96. The van der Waals surface area contributed by atoms with Crippen molar-refractivity contribution < 1.29 is 4.39 Å². The maximum Gasteiger partial charge on any atom is 0.123 e. The Bertz CT molecular complexity index is 425. The standard InChI is InChI=1S/C9H6BrFN2/c10-9-8(12-5-13-9)6-2-1-3-7(11)4-6/h1-5H,(H,12,13). The van der Waals surface area contributed by atoms with Gasteiger partial charge in [0.1, 0.15) is 16.1 Å².